The third-order valence-corrected chi connectivity index (χ3v) is 7.36. The van der Waals surface area contributed by atoms with Crippen molar-refractivity contribution in [2.24, 2.45) is 23.7 Å². The quantitative estimate of drug-likeness (QED) is 0.197. The van der Waals surface area contributed by atoms with E-state index in [0.29, 0.717) is 0 Å². The van der Waals surface area contributed by atoms with Gasteiger partial charge in [-0.1, -0.05) is 109 Å². The van der Waals surface area contributed by atoms with Crippen LogP contribution in [-0.2, 0) is 0 Å². The molecule has 0 radical (unpaired) electrons. The van der Waals surface area contributed by atoms with E-state index in [9.17, 15) is 4.39 Å². The third-order valence-electron chi connectivity index (χ3n) is 7.36. The van der Waals surface area contributed by atoms with Crippen molar-refractivity contribution in [2.75, 3.05) is 0 Å². The van der Waals surface area contributed by atoms with Gasteiger partial charge < -0.3 is 0 Å². The van der Waals surface area contributed by atoms with E-state index >= 15 is 0 Å². The first kappa shape index (κ1) is 23.2. The molecule has 158 valence electrons. The van der Waals surface area contributed by atoms with Gasteiger partial charge in [-0.05, 0) is 42.6 Å². The van der Waals surface area contributed by atoms with Crippen molar-refractivity contribution in [1.29, 1.82) is 5.26 Å². The van der Waals surface area contributed by atoms with Crippen LogP contribution < -0.4 is 0 Å². The maximum Gasteiger partial charge on any atom is 0.199 e. The van der Waals surface area contributed by atoms with E-state index in [1.807, 2.05) is 6.08 Å². The second-order valence-electron chi connectivity index (χ2n) is 9.48. The highest BCUT2D eigenvalue weighted by molar-refractivity contribution is 5.18. The molecular weight excluding hydrogens is 345 g/mol. The average molecular weight is 388 g/mol. The smallest absolute Gasteiger partial charge is 0.195 e. The normalized spacial score (nSPS) is 29.1. The van der Waals surface area contributed by atoms with Gasteiger partial charge in [-0.2, -0.15) is 9.65 Å². The predicted octanol–water partition coefficient (Wildman–Crippen LogP) is 8.67. The van der Waals surface area contributed by atoms with Gasteiger partial charge >= 0.3 is 0 Å². The summed E-state index contributed by atoms with van der Waals surface area (Å²) < 4.78 is 12.7. The Labute approximate surface area is 173 Å². The number of hydrogen-bond donors (Lipinski definition) is 0. The summed E-state index contributed by atoms with van der Waals surface area (Å²) in [6.45, 7) is 2.31. The van der Waals surface area contributed by atoms with Crippen molar-refractivity contribution >= 4 is 0 Å². The molecule has 0 heterocycles. The summed E-state index contributed by atoms with van der Waals surface area (Å²) in [5, 5.41) is 8.37. The van der Waals surface area contributed by atoms with Gasteiger partial charge in [-0.3, -0.25) is 0 Å². The van der Waals surface area contributed by atoms with Crippen LogP contribution in [0.4, 0.5) is 4.39 Å². The highest BCUT2D eigenvalue weighted by Crippen LogP contribution is 2.38. The molecule has 0 saturated heterocycles. The maximum atomic E-state index is 12.7. The van der Waals surface area contributed by atoms with Gasteiger partial charge in [-0.15, -0.1) is 0 Å². The summed E-state index contributed by atoms with van der Waals surface area (Å²) in [5.41, 5.74) is 0. The molecule has 0 aromatic carbocycles. The Morgan fingerprint density at radius 2 is 1.32 bits per heavy atom. The molecule has 0 aliphatic heterocycles. The molecule has 0 atom stereocenters. The van der Waals surface area contributed by atoms with Crippen molar-refractivity contribution in [3.63, 3.8) is 0 Å². The highest BCUT2D eigenvalue weighted by Gasteiger charge is 2.24. The molecule has 2 aliphatic rings. The van der Waals surface area contributed by atoms with Gasteiger partial charge in [-0.25, -0.2) is 0 Å². The topological polar surface area (TPSA) is 23.8 Å². The van der Waals surface area contributed by atoms with E-state index in [2.05, 4.69) is 6.92 Å². The molecule has 2 heteroatoms. The first-order chi connectivity index (χ1) is 13.7. The molecule has 0 unspecified atom stereocenters. The lowest BCUT2D eigenvalue weighted by Crippen LogP contribution is -2.18. The predicted molar refractivity (Wildman–Crippen MR) is 117 cm³/mol. The zero-order valence-electron chi connectivity index (χ0n) is 18.2. The average Bonchev–Trinajstić information content (AvgIpc) is 2.74. The molecule has 2 aliphatic carbocycles. The standard InChI is InChI=1S/C26H42FN/c1-2-3-5-8-22-11-15-24(16-12-22)19-20-25-17-13-23(14-18-25)9-6-4-7-10-26(27)21-28/h4,7,10,22-25H,2-3,5-6,8-9,11-20H2,1H3/t22-,23?,24-,25?. The summed E-state index contributed by atoms with van der Waals surface area (Å²) in [5.74, 6) is 3.18. The Balaban J connectivity index is 1.51. The summed E-state index contributed by atoms with van der Waals surface area (Å²) >= 11 is 0. The fourth-order valence-electron chi connectivity index (χ4n) is 5.39. The lowest BCUT2D eigenvalue weighted by atomic mass is 9.74. The van der Waals surface area contributed by atoms with Crippen LogP contribution in [0.2, 0.25) is 0 Å². The number of allylic oxidation sites excluding steroid dienone is 4. The van der Waals surface area contributed by atoms with Gasteiger partial charge in [0.15, 0.2) is 5.83 Å². The Morgan fingerprint density at radius 1 is 0.821 bits per heavy atom. The second-order valence-corrected chi connectivity index (χ2v) is 9.48. The molecule has 0 amide bonds. The van der Waals surface area contributed by atoms with Gasteiger partial charge in [0, 0.05) is 0 Å². The Kier molecular flexibility index (Phi) is 11.6. The molecule has 2 fully saturated rings. The number of rotatable bonds is 11. The summed E-state index contributed by atoms with van der Waals surface area (Å²) in [7, 11) is 0. The zero-order valence-corrected chi connectivity index (χ0v) is 18.2. The van der Waals surface area contributed by atoms with Crippen molar-refractivity contribution in [2.45, 2.75) is 110 Å². The monoisotopic (exact) mass is 387 g/mol. The summed E-state index contributed by atoms with van der Waals surface area (Å²) in [6, 6.07) is 1.50. The fraction of sp³-hybridized carbons (Fsp3) is 0.808. The van der Waals surface area contributed by atoms with Crippen LogP contribution in [0.15, 0.2) is 24.1 Å². The number of hydrogen-bond acceptors (Lipinski definition) is 1. The van der Waals surface area contributed by atoms with Crippen LogP contribution in [0.1, 0.15) is 110 Å². The minimum atomic E-state index is -0.707. The third kappa shape index (κ3) is 9.40. The zero-order chi connectivity index (χ0) is 20.0. The number of unbranched alkanes of at least 4 members (excludes halogenated alkanes) is 2. The van der Waals surface area contributed by atoms with E-state index in [-0.39, 0.29) is 0 Å². The molecule has 0 spiro atoms. The lowest BCUT2D eigenvalue weighted by Gasteiger charge is -2.32. The number of nitrogens with zero attached hydrogens (tertiary/aromatic N) is 1. The van der Waals surface area contributed by atoms with Gasteiger partial charge in [0.2, 0.25) is 0 Å². The SMILES string of the molecule is CCCCC[C@H]1CC[C@H](CCC2CCC(CCC=CC=C(F)C#N)CC2)CC1. The minimum absolute atomic E-state index is 0.707. The number of nitriles is 1. The first-order valence-electron chi connectivity index (χ1n) is 12.1. The van der Waals surface area contributed by atoms with Crippen molar-refractivity contribution in [3.8, 4) is 6.07 Å². The highest BCUT2D eigenvalue weighted by atomic mass is 19.1. The Bertz CT molecular complexity index is 499. The molecule has 0 bridgehead atoms. The van der Waals surface area contributed by atoms with Crippen molar-refractivity contribution in [1.82, 2.24) is 0 Å². The van der Waals surface area contributed by atoms with E-state index in [4.69, 9.17) is 5.26 Å². The van der Waals surface area contributed by atoms with E-state index in [0.717, 1.165) is 30.1 Å². The molecule has 28 heavy (non-hydrogen) atoms. The van der Waals surface area contributed by atoms with Crippen molar-refractivity contribution < 1.29 is 4.39 Å². The van der Waals surface area contributed by atoms with Gasteiger partial charge in [0.05, 0.1) is 0 Å². The summed E-state index contributed by atoms with van der Waals surface area (Å²) in [4.78, 5) is 0. The fourth-order valence-corrected chi connectivity index (χ4v) is 5.39. The molecule has 2 saturated carbocycles. The van der Waals surface area contributed by atoms with Crippen LogP contribution in [-0.4, -0.2) is 0 Å². The van der Waals surface area contributed by atoms with Crippen LogP contribution in [0.5, 0.6) is 0 Å². The maximum absolute atomic E-state index is 12.7. The molecule has 1 nitrogen and oxygen atoms in total. The largest absolute Gasteiger partial charge is 0.199 e. The van der Waals surface area contributed by atoms with Crippen LogP contribution in [0.3, 0.4) is 0 Å². The number of halogens is 1. The van der Waals surface area contributed by atoms with Crippen LogP contribution in [0.25, 0.3) is 0 Å². The first-order valence-corrected chi connectivity index (χ1v) is 12.1. The molecule has 0 aromatic rings. The minimum Gasteiger partial charge on any atom is -0.195 e. The van der Waals surface area contributed by atoms with E-state index in [1.165, 1.54) is 108 Å². The van der Waals surface area contributed by atoms with Gasteiger partial charge in [0.1, 0.15) is 6.07 Å². The molecule has 2 rings (SSSR count). The van der Waals surface area contributed by atoms with E-state index in [1.54, 1.807) is 6.08 Å². The second kappa shape index (κ2) is 14.0. The lowest BCUT2D eigenvalue weighted by molar-refractivity contribution is 0.209. The van der Waals surface area contributed by atoms with Gasteiger partial charge in [0.25, 0.3) is 0 Å². The molecule has 0 aromatic heterocycles. The Morgan fingerprint density at radius 3 is 1.82 bits per heavy atom. The van der Waals surface area contributed by atoms with Crippen LogP contribution in [0, 0.1) is 35.0 Å². The van der Waals surface area contributed by atoms with Crippen molar-refractivity contribution in [3.05, 3.63) is 24.1 Å². The Hall–Kier alpha value is -1.10. The molecular formula is C26H42FN. The molecule has 0 N–H and O–H groups in total. The van der Waals surface area contributed by atoms with Crippen LogP contribution >= 0.6 is 0 Å². The van der Waals surface area contributed by atoms with E-state index < -0.39 is 5.83 Å². The summed E-state index contributed by atoms with van der Waals surface area (Å²) in [6.07, 6.45) is 27.4.